The summed E-state index contributed by atoms with van der Waals surface area (Å²) in [4.78, 5) is 16.1. The van der Waals surface area contributed by atoms with Crippen molar-refractivity contribution < 1.29 is 22.3 Å². The molecule has 3 rings (SSSR count). The van der Waals surface area contributed by atoms with Gasteiger partial charge in [-0.15, -0.1) is 0 Å². The quantitative estimate of drug-likeness (QED) is 0.590. The Morgan fingerprint density at radius 2 is 2.03 bits per heavy atom. The van der Waals surface area contributed by atoms with Crippen molar-refractivity contribution in [3.8, 4) is 0 Å². The molecular weight excluding hydrogens is 433 g/mol. The zero-order valence-electron chi connectivity index (χ0n) is 16.7. The van der Waals surface area contributed by atoms with Gasteiger partial charge >= 0.3 is 6.09 Å². The molecule has 12 heteroatoms. The molecule has 3 N–H and O–H groups in total. The SMILES string of the molecule is CCCC(=S)NC[C@H]1CN(c2ccc(N3CCN(S(N)(=O)=O)CC3)c(F)c2)C(=O)O1. The third-order valence-corrected chi connectivity index (χ3v) is 6.49. The number of piperazine rings is 1. The van der Waals surface area contributed by atoms with Crippen LogP contribution in [0.25, 0.3) is 0 Å². The third kappa shape index (κ3) is 5.36. The van der Waals surface area contributed by atoms with Gasteiger partial charge in [0.2, 0.25) is 0 Å². The number of hydrogen-bond donors (Lipinski definition) is 2. The van der Waals surface area contributed by atoms with Crippen LogP contribution < -0.4 is 20.3 Å². The van der Waals surface area contributed by atoms with E-state index in [2.05, 4.69) is 5.32 Å². The Morgan fingerprint density at radius 1 is 1.33 bits per heavy atom. The molecule has 2 saturated heterocycles. The van der Waals surface area contributed by atoms with Gasteiger partial charge in [0.1, 0.15) is 11.9 Å². The first-order chi connectivity index (χ1) is 14.2. The number of thiocarbonyl (C=S) groups is 1. The highest BCUT2D eigenvalue weighted by molar-refractivity contribution is 7.86. The summed E-state index contributed by atoms with van der Waals surface area (Å²) in [7, 11) is -3.74. The van der Waals surface area contributed by atoms with Crippen molar-refractivity contribution in [3.05, 3.63) is 24.0 Å². The highest BCUT2D eigenvalue weighted by atomic mass is 32.2. The Morgan fingerprint density at radius 3 is 2.63 bits per heavy atom. The molecule has 2 aliphatic rings. The second-order valence-corrected chi connectivity index (χ2v) is 9.28. The highest BCUT2D eigenvalue weighted by Gasteiger charge is 2.33. The second kappa shape index (κ2) is 9.41. The van der Waals surface area contributed by atoms with Crippen LogP contribution in [0.3, 0.4) is 0 Å². The molecule has 30 heavy (non-hydrogen) atoms. The fraction of sp³-hybridized carbons (Fsp3) is 0.556. The summed E-state index contributed by atoms with van der Waals surface area (Å²) < 4.78 is 44.1. The summed E-state index contributed by atoms with van der Waals surface area (Å²) in [6, 6.07) is 4.54. The van der Waals surface area contributed by atoms with E-state index in [0.29, 0.717) is 37.6 Å². The number of anilines is 2. The predicted octanol–water partition coefficient (Wildman–Crippen LogP) is 1.19. The predicted molar refractivity (Wildman–Crippen MR) is 116 cm³/mol. The maximum absolute atomic E-state index is 14.8. The minimum absolute atomic E-state index is 0.188. The van der Waals surface area contributed by atoms with Crippen LogP contribution in [-0.4, -0.2) is 69.2 Å². The van der Waals surface area contributed by atoms with Crippen LogP contribution in [0.4, 0.5) is 20.6 Å². The van der Waals surface area contributed by atoms with Crippen LogP contribution in [0.15, 0.2) is 18.2 Å². The van der Waals surface area contributed by atoms with Crippen LogP contribution in [0, 0.1) is 5.82 Å². The van der Waals surface area contributed by atoms with Crippen LogP contribution in [0.5, 0.6) is 0 Å². The first-order valence-electron chi connectivity index (χ1n) is 9.76. The van der Waals surface area contributed by atoms with E-state index in [-0.39, 0.29) is 19.2 Å². The molecule has 9 nitrogen and oxygen atoms in total. The maximum Gasteiger partial charge on any atom is 0.414 e. The normalized spacial score (nSPS) is 20.4. The molecule has 0 spiro atoms. The van der Waals surface area contributed by atoms with Gasteiger partial charge in [-0.3, -0.25) is 4.90 Å². The number of nitrogens with zero attached hydrogens (tertiary/aromatic N) is 3. The lowest BCUT2D eigenvalue weighted by atomic mass is 10.2. The lowest BCUT2D eigenvalue weighted by Gasteiger charge is -2.34. The van der Waals surface area contributed by atoms with Crippen molar-refractivity contribution in [3.63, 3.8) is 0 Å². The van der Waals surface area contributed by atoms with Crippen LogP contribution in [0.1, 0.15) is 19.8 Å². The van der Waals surface area contributed by atoms with Gasteiger partial charge in [0, 0.05) is 26.2 Å². The number of benzene rings is 1. The van der Waals surface area contributed by atoms with Gasteiger partial charge in [-0.05, 0) is 31.0 Å². The number of amides is 1. The summed E-state index contributed by atoms with van der Waals surface area (Å²) in [5, 5.41) is 8.22. The summed E-state index contributed by atoms with van der Waals surface area (Å²) in [5.74, 6) is -0.491. The minimum Gasteiger partial charge on any atom is -0.442 e. The Labute approximate surface area is 181 Å². The molecule has 0 aliphatic carbocycles. The lowest BCUT2D eigenvalue weighted by molar-refractivity contribution is 0.143. The Bertz CT molecular complexity index is 906. The van der Waals surface area contributed by atoms with Gasteiger partial charge in [0.05, 0.1) is 29.5 Å². The molecule has 0 saturated carbocycles. The fourth-order valence-corrected chi connectivity index (χ4v) is 4.45. The molecule has 0 bridgehead atoms. The van der Waals surface area contributed by atoms with Gasteiger partial charge < -0.3 is 15.0 Å². The molecule has 1 aromatic rings. The van der Waals surface area contributed by atoms with Crippen LogP contribution in [0.2, 0.25) is 0 Å². The molecule has 0 radical (unpaired) electrons. The van der Waals surface area contributed by atoms with E-state index in [1.807, 2.05) is 6.92 Å². The molecular formula is C18H26FN5O4S2. The van der Waals surface area contributed by atoms with Crippen molar-refractivity contribution in [2.24, 2.45) is 5.14 Å². The molecule has 1 atom stereocenters. The number of cyclic esters (lactones) is 1. The summed E-state index contributed by atoms with van der Waals surface area (Å²) in [6.07, 6.45) is 0.807. The number of rotatable bonds is 7. The van der Waals surface area contributed by atoms with E-state index < -0.39 is 22.1 Å². The Hall–Kier alpha value is -2.02. The molecule has 2 heterocycles. The molecule has 166 valence electrons. The fourth-order valence-electron chi connectivity index (χ4n) is 3.49. The van der Waals surface area contributed by atoms with Gasteiger partial charge in [0.25, 0.3) is 10.2 Å². The van der Waals surface area contributed by atoms with E-state index >= 15 is 0 Å². The lowest BCUT2D eigenvalue weighted by Crippen LogP contribution is -2.50. The number of ether oxygens (including phenoxy) is 1. The molecule has 1 aromatic carbocycles. The van der Waals surface area contributed by atoms with Crippen molar-refractivity contribution in [2.45, 2.75) is 25.9 Å². The average molecular weight is 460 g/mol. The zero-order valence-corrected chi connectivity index (χ0v) is 18.3. The zero-order chi connectivity index (χ0) is 21.9. The highest BCUT2D eigenvalue weighted by Crippen LogP contribution is 2.28. The number of carbonyl (C=O) groups excluding carboxylic acids is 1. The first kappa shape index (κ1) is 22.7. The van der Waals surface area contributed by atoms with Gasteiger partial charge in [-0.1, -0.05) is 19.1 Å². The number of nitrogens with one attached hydrogen (secondary N) is 1. The van der Waals surface area contributed by atoms with Gasteiger partial charge in [0.15, 0.2) is 0 Å². The number of hydrogen-bond acceptors (Lipinski definition) is 6. The summed E-state index contributed by atoms with van der Waals surface area (Å²) in [5.41, 5.74) is 0.756. The molecule has 2 aliphatic heterocycles. The number of carbonyl (C=O) groups is 1. The van der Waals surface area contributed by atoms with Crippen LogP contribution >= 0.6 is 12.2 Å². The minimum atomic E-state index is -3.74. The largest absolute Gasteiger partial charge is 0.442 e. The Balaban J connectivity index is 1.61. The van der Waals surface area contributed by atoms with Gasteiger partial charge in [-0.2, -0.15) is 12.7 Å². The first-order valence-corrected chi connectivity index (χ1v) is 11.7. The number of nitrogens with two attached hydrogens (primary N) is 1. The molecule has 0 aromatic heterocycles. The number of halogens is 1. The topological polar surface area (TPSA) is 108 Å². The van der Waals surface area contributed by atoms with Crippen molar-refractivity contribution in [1.29, 1.82) is 0 Å². The monoisotopic (exact) mass is 459 g/mol. The van der Waals surface area contributed by atoms with E-state index in [4.69, 9.17) is 22.1 Å². The van der Waals surface area contributed by atoms with E-state index in [1.54, 1.807) is 17.0 Å². The maximum atomic E-state index is 14.8. The standard InChI is InChI=1S/C18H26FN5O4S2/c1-2-3-17(29)21-11-14-12-24(18(25)28-14)13-4-5-16(15(19)10-13)22-6-8-23(9-7-22)30(20,26)27/h4-5,10,14H,2-3,6-9,11-12H2,1H3,(H,21,29)(H2,20,26,27)/t14-/m0/s1. The van der Waals surface area contributed by atoms with Gasteiger partial charge in [-0.25, -0.2) is 14.3 Å². The van der Waals surface area contributed by atoms with Crippen molar-refractivity contribution in [2.75, 3.05) is 49.1 Å². The van der Waals surface area contributed by atoms with E-state index in [0.717, 1.165) is 22.1 Å². The molecule has 0 unspecified atom stereocenters. The van der Waals surface area contributed by atoms with Crippen molar-refractivity contribution in [1.82, 2.24) is 9.62 Å². The molecule has 2 fully saturated rings. The van der Waals surface area contributed by atoms with E-state index in [9.17, 15) is 17.6 Å². The van der Waals surface area contributed by atoms with E-state index in [1.165, 1.54) is 11.0 Å². The third-order valence-electron chi connectivity index (χ3n) is 5.06. The second-order valence-electron chi connectivity index (χ2n) is 7.24. The average Bonchev–Trinajstić information content (AvgIpc) is 3.07. The van der Waals surface area contributed by atoms with Crippen molar-refractivity contribution >= 4 is 44.9 Å². The Kier molecular flexibility index (Phi) is 7.11. The summed E-state index contributed by atoms with van der Waals surface area (Å²) >= 11 is 5.20. The molecule has 1 amide bonds. The summed E-state index contributed by atoms with van der Waals surface area (Å²) in [6.45, 7) is 3.76. The smallest absolute Gasteiger partial charge is 0.414 e. The van der Waals surface area contributed by atoms with Crippen LogP contribution in [-0.2, 0) is 14.9 Å².